The number of aliphatic carboxylic acids is 1. The van der Waals surface area contributed by atoms with Crippen LogP contribution < -0.4 is 20.9 Å². The molecule has 6 atom stereocenters. The summed E-state index contributed by atoms with van der Waals surface area (Å²) in [7, 11) is -4.50. The molecule has 2 unspecified atom stereocenters. The van der Waals surface area contributed by atoms with E-state index in [-0.39, 0.29) is 18.1 Å². The number of hydrogen-bond donors (Lipinski definition) is 4. The molecule has 0 aliphatic carbocycles. The van der Waals surface area contributed by atoms with Crippen LogP contribution in [0.25, 0.3) is 6.08 Å². The number of aromatic nitrogens is 2. The van der Waals surface area contributed by atoms with Gasteiger partial charge in [0.05, 0.1) is 13.2 Å². The topological polar surface area (TPSA) is 186 Å². The lowest BCUT2D eigenvalue weighted by Crippen LogP contribution is -2.45. The number of ether oxygens (including phenoxy) is 1. The number of H-pyrrole nitrogens is 1. The fourth-order valence-electron chi connectivity index (χ4n) is 4.30. The molecular formula is C29H31FN3O10P. The zero-order chi connectivity index (χ0) is 32.1. The van der Waals surface area contributed by atoms with Gasteiger partial charge in [0, 0.05) is 17.8 Å². The fraction of sp³-hybridized carbons (Fsp3) is 0.310. The van der Waals surface area contributed by atoms with E-state index in [4.69, 9.17) is 13.8 Å². The van der Waals surface area contributed by atoms with Crippen LogP contribution in [0.4, 0.5) is 4.39 Å². The molecular weight excluding hydrogens is 600 g/mol. The number of carbonyl (C=O) groups is 2. The average molecular weight is 632 g/mol. The average Bonchev–Trinajstić information content (AvgIpc) is 3.20. The summed E-state index contributed by atoms with van der Waals surface area (Å²) >= 11 is 0. The third-order valence-electron chi connectivity index (χ3n) is 6.88. The highest BCUT2D eigenvalue weighted by molar-refractivity contribution is 7.52. The van der Waals surface area contributed by atoms with Gasteiger partial charge in [0.15, 0.2) is 11.5 Å². The molecule has 1 saturated heterocycles. The van der Waals surface area contributed by atoms with Crippen molar-refractivity contribution in [2.45, 2.75) is 50.4 Å². The van der Waals surface area contributed by atoms with Gasteiger partial charge < -0.3 is 19.5 Å². The SMILES string of the molecule is CC(NP(=O)(OC[C@H]1O[C@@H](Cn2ccc(=O)[nH]c2=O)[C@](C)(F)[C@@H]1O)Oc1ccc(C(=O)/C=C/c2ccccc2)cc1)C(=O)O. The van der Waals surface area contributed by atoms with Gasteiger partial charge in [0.2, 0.25) is 0 Å². The number of aliphatic hydroxyl groups excluding tert-OH is 1. The van der Waals surface area contributed by atoms with Gasteiger partial charge in [-0.1, -0.05) is 36.4 Å². The number of benzene rings is 2. The van der Waals surface area contributed by atoms with Crippen molar-refractivity contribution in [3.8, 4) is 5.75 Å². The fourth-order valence-corrected chi connectivity index (χ4v) is 5.80. The van der Waals surface area contributed by atoms with Gasteiger partial charge in [-0.2, -0.15) is 5.09 Å². The number of carboxylic acid groups (broad SMARTS) is 1. The van der Waals surface area contributed by atoms with Gasteiger partial charge in [0.1, 0.15) is 30.1 Å². The van der Waals surface area contributed by atoms with E-state index in [1.807, 2.05) is 35.3 Å². The molecule has 4 N–H and O–H groups in total. The summed E-state index contributed by atoms with van der Waals surface area (Å²) in [4.78, 5) is 49.4. The maximum absolute atomic E-state index is 15.5. The Balaban J connectivity index is 1.46. The first-order valence-electron chi connectivity index (χ1n) is 13.4. The Kier molecular flexibility index (Phi) is 10.1. The number of allylic oxidation sites excluding steroid dienone is 1. The van der Waals surface area contributed by atoms with Crippen molar-refractivity contribution >= 4 is 25.6 Å². The number of aliphatic hydroxyl groups is 1. The van der Waals surface area contributed by atoms with Crippen LogP contribution in [-0.4, -0.2) is 68.1 Å². The Morgan fingerprint density at radius 3 is 2.50 bits per heavy atom. The standard InChI is InChI=1S/C29H31FN3O10P/c1-18(27(37)38)32-44(40,43-21-11-9-20(10-12-21)22(34)13-8-19-6-4-3-5-7-19)41-17-23-26(36)29(2,30)24(42-23)16-33-15-14-25(35)31-28(33)39/h3-15,18,23-24,26,36H,16-17H2,1-2H3,(H,32,40)(H,37,38)(H,31,35,39)/b13-8+/t18?,23-,24+,26-,29+,44?/m1/s1. The van der Waals surface area contributed by atoms with Crippen LogP contribution in [0.1, 0.15) is 29.8 Å². The van der Waals surface area contributed by atoms with Gasteiger partial charge in [-0.15, -0.1) is 0 Å². The first kappa shape index (κ1) is 32.7. The molecule has 2 heterocycles. The molecule has 1 aromatic heterocycles. The van der Waals surface area contributed by atoms with E-state index < -0.39 is 61.6 Å². The molecule has 0 bridgehead atoms. The molecule has 0 radical (unpaired) electrons. The van der Waals surface area contributed by atoms with Crippen molar-refractivity contribution in [1.29, 1.82) is 0 Å². The molecule has 1 aliphatic heterocycles. The van der Waals surface area contributed by atoms with Crippen LogP contribution in [0.15, 0.2) is 82.5 Å². The van der Waals surface area contributed by atoms with E-state index in [1.54, 1.807) is 6.08 Å². The number of nitrogens with zero attached hydrogens (tertiary/aromatic N) is 1. The predicted octanol–water partition coefficient (Wildman–Crippen LogP) is 2.56. The lowest BCUT2D eigenvalue weighted by atomic mass is 9.95. The predicted molar refractivity (Wildman–Crippen MR) is 156 cm³/mol. The van der Waals surface area contributed by atoms with E-state index in [2.05, 4.69) is 5.09 Å². The molecule has 1 fully saturated rings. The lowest BCUT2D eigenvalue weighted by Gasteiger charge is -2.25. The number of halogens is 1. The molecule has 44 heavy (non-hydrogen) atoms. The number of carboxylic acids is 1. The largest absolute Gasteiger partial charge is 0.480 e. The summed E-state index contributed by atoms with van der Waals surface area (Å²) in [6.07, 6.45) is -0.385. The van der Waals surface area contributed by atoms with Crippen molar-refractivity contribution in [2.24, 2.45) is 0 Å². The quantitative estimate of drug-likeness (QED) is 0.123. The first-order chi connectivity index (χ1) is 20.8. The van der Waals surface area contributed by atoms with Crippen LogP contribution in [0.2, 0.25) is 0 Å². The Hall–Kier alpha value is -4.20. The monoisotopic (exact) mass is 631 g/mol. The van der Waals surface area contributed by atoms with Crippen molar-refractivity contribution in [3.05, 3.63) is 105 Å². The zero-order valence-electron chi connectivity index (χ0n) is 23.7. The Morgan fingerprint density at radius 2 is 1.86 bits per heavy atom. The normalized spacial score (nSPS) is 23.7. The van der Waals surface area contributed by atoms with Crippen molar-refractivity contribution < 1.29 is 42.5 Å². The minimum absolute atomic E-state index is 0.0412. The summed E-state index contributed by atoms with van der Waals surface area (Å²) in [5.74, 6) is -1.72. The van der Waals surface area contributed by atoms with E-state index in [0.29, 0.717) is 5.56 Å². The van der Waals surface area contributed by atoms with Crippen LogP contribution in [0, 0.1) is 0 Å². The molecule has 0 spiro atoms. The Bertz CT molecular complexity index is 1670. The van der Waals surface area contributed by atoms with Gasteiger partial charge in [-0.05, 0) is 49.8 Å². The second-order valence-corrected chi connectivity index (χ2v) is 11.9. The molecule has 15 heteroatoms. The van der Waals surface area contributed by atoms with E-state index in [0.717, 1.165) is 29.3 Å². The van der Waals surface area contributed by atoms with Crippen LogP contribution in [0.5, 0.6) is 5.75 Å². The number of carbonyl (C=O) groups excluding carboxylic acids is 1. The highest BCUT2D eigenvalue weighted by Gasteiger charge is 2.54. The van der Waals surface area contributed by atoms with E-state index in [1.165, 1.54) is 37.3 Å². The molecule has 1 aliphatic rings. The first-order valence-corrected chi connectivity index (χ1v) is 15.0. The zero-order valence-corrected chi connectivity index (χ0v) is 24.6. The number of hydrogen-bond acceptors (Lipinski definition) is 9. The van der Waals surface area contributed by atoms with Crippen molar-refractivity contribution in [2.75, 3.05) is 6.61 Å². The second-order valence-electron chi connectivity index (χ2n) is 10.2. The number of aromatic amines is 1. The maximum atomic E-state index is 15.5. The lowest BCUT2D eigenvalue weighted by molar-refractivity contribution is -0.138. The third kappa shape index (κ3) is 8.04. The third-order valence-corrected chi connectivity index (χ3v) is 8.52. The summed E-state index contributed by atoms with van der Waals surface area (Å²) in [5, 5.41) is 22.2. The number of nitrogens with one attached hydrogen (secondary N) is 2. The van der Waals surface area contributed by atoms with Crippen LogP contribution >= 0.6 is 7.75 Å². The number of ketones is 1. The van der Waals surface area contributed by atoms with Crippen molar-refractivity contribution in [3.63, 3.8) is 0 Å². The molecule has 3 aromatic rings. The molecule has 0 amide bonds. The van der Waals surface area contributed by atoms with Gasteiger partial charge in [-0.3, -0.25) is 28.5 Å². The van der Waals surface area contributed by atoms with E-state index in [9.17, 15) is 34.0 Å². The Morgan fingerprint density at radius 1 is 1.18 bits per heavy atom. The minimum atomic E-state index is -4.50. The number of alkyl halides is 1. The molecule has 234 valence electrons. The molecule has 4 rings (SSSR count). The van der Waals surface area contributed by atoms with Gasteiger partial charge >= 0.3 is 19.4 Å². The summed E-state index contributed by atoms with van der Waals surface area (Å²) in [6.45, 7) is 1.18. The van der Waals surface area contributed by atoms with Crippen LogP contribution in [-0.2, 0) is 25.2 Å². The molecule has 13 nitrogen and oxygen atoms in total. The van der Waals surface area contributed by atoms with Gasteiger partial charge in [-0.25, -0.2) is 13.8 Å². The second kappa shape index (κ2) is 13.6. The van der Waals surface area contributed by atoms with Crippen LogP contribution in [0.3, 0.4) is 0 Å². The highest BCUT2D eigenvalue weighted by atomic mass is 31.2. The smallest absolute Gasteiger partial charge is 0.459 e. The highest BCUT2D eigenvalue weighted by Crippen LogP contribution is 2.46. The van der Waals surface area contributed by atoms with E-state index >= 15 is 4.39 Å². The summed E-state index contributed by atoms with van der Waals surface area (Å²) < 4.78 is 46.7. The summed E-state index contributed by atoms with van der Waals surface area (Å²) in [5.41, 5.74) is -2.72. The molecule has 0 saturated carbocycles. The van der Waals surface area contributed by atoms with Gasteiger partial charge in [0.25, 0.3) is 5.56 Å². The Labute approximate surface area is 250 Å². The maximum Gasteiger partial charge on any atom is 0.459 e. The molecule has 2 aromatic carbocycles. The summed E-state index contributed by atoms with van der Waals surface area (Å²) in [6, 6.07) is 14.4. The minimum Gasteiger partial charge on any atom is -0.480 e. The number of rotatable bonds is 13. The van der Waals surface area contributed by atoms with Crippen molar-refractivity contribution in [1.82, 2.24) is 14.6 Å².